The Labute approximate surface area is 219 Å². The molecule has 0 heterocycles. The normalized spacial score (nSPS) is 10.7. The molecule has 0 aliphatic heterocycles. The van der Waals surface area contributed by atoms with Crippen LogP contribution in [0, 0.1) is 0 Å². The Morgan fingerprint density at radius 2 is 1.32 bits per heavy atom. The molecule has 0 saturated heterocycles. The van der Waals surface area contributed by atoms with Gasteiger partial charge in [-0.25, -0.2) is 0 Å². The molecule has 0 spiro atoms. The van der Waals surface area contributed by atoms with E-state index in [9.17, 15) is 4.79 Å². The van der Waals surface area contributed by atoms with Crippen molar-refractivity contribution in [1.82, 2.24) is 0 Å². The van der Waals surface area contributed by atoms with Gasteiger partial charge in [-0.1, -0.05) is 17.7 Å². The Hall–Kier alpha value is -1.49. The van der Waals surface area contributed by atoms with E-state index in [0.717, 1.165) is 0 Å². The minimum atomic E-state index is -0.343. The zero-order valence-corrected chi connectivity index (χ0v) is 21.0. The van der Waals surface area contributed by atoms with Crippen LogP contribution in [0.3, 0.4) is 0 Å². The van der Waals surface area contributed by atoms with Gasteiger partial charge in [0.15, 0.2) is 5.52 Å². The van der Waals surface area contributed by atoms with Crippen molar-refractivity contribution in [1.29, 1.82) is 0 Å². The Kier molecular flexibility index (Phi) is 15.3. The average molecular weight is 509 g/mol. The van der Waals surface area contributed by atoms with Crippen molar-refractivity contribution in [2.24, 2.45) is 0 Å². The number of rotatable bonds is 16. The van der Waals surface area contributed by atoms with Crippen LogP contribution in [0.25, 0.3) is 0 Å². The molecule has 2 aromatic rings. The van der Waals surface area contributed by atoms with E-state index in [1.807, 2.05) is 0 Å². The number of benzene rings is 2. The van der Waals surface area contributed by atoms with E-state index in [2.05, 4.69) is 0 Å². The molecule has 0 N–H and O–H groups in total. The molecular weight excluding hydrogens is 478 g/mol. The van der Waals surface area contributed by atoms with Crippen LogP contribution >= 0.6 is 20.2 Å². The van der Waals surface area contributed by atoms with Crippen molar-refractivity contribution in [2.75, 3.05) is 68.1 Å². The van der Waals surface area contributed by atoms with Gasteiger partial charge in [0.25, 0.3) is 0 Å². The topological polar surface area (TPSA) is 81.7 Å². The van der Waals surface area contributed by atoms with Crippen molar-refractivity contribution in [3.8, 4) is 23.0 Å². The van der Waals surface area contributed by atoms with Crippen LogP contribution in [0.15, 0.2) is 30.3 Å². The Balaban J connectivity index is 0.00000578. The van der Waals surface area contributed by atoms with Gasteiger partial charge in [-0.2, -0.15) is 0 Å². The van der Waals surface area contributed by atoms with Crippen molar-refractivity contribution < 1.29 is 38.0 Å². The molecule has 0 aliphatic rings. The predicted octanol–water partition coefficient (Wildman–Crippen LogP) is 2.92. The van der Waals surface area contributed by atoms with Gasteiger partial charge in [0, 0.05) is 33.5 Å². The van der Waals surface area contributed by atoms with Gasteiger partial charge in [0.05, 0.1) is 42.8 Å². The number of halogens is 1. The van der Waals surface area contributed by atoms with Gasteiger partial charge in [-0.15, -0.1) is 0 Å². The molecule has 0 radical (unpaired) electrons. The molecule has 34 heavy (non-hydrogen) atoms. The third-order valence-electron chi connectivity index (χ3n) is 4.35. The first kappa shape index (κ1) is 30.5. The summed E-state index contributed by atoms with van der Waals surface area (Å²) in [5.74, 6) is 1.87. The molecule has 1 unspecified atom stereocenters. The zero-order valence-electron chi connectivity index (χ0n) is 19.3. The van der Waals surface area contributed by atoms with Crippen LogP contribution in [-0.4, -0.2) is 92.5 Å². The number of hydrogen-bond donors (Lipinski definition) is 0. The van der Waals surface area contributed by atoms with Crippen molar-refractivity contribution in [2.45, 2.75) is 0 Å². The second kappa shape index (κ2) is 17.0. The third kappa shape index (κ3) is 9.28. The summed E-state index contributed by atoms with van der Waals surface area (Å²) < 4.78 is 38.2. The fourth-order valence-electron chi connectivity index (χ4n) is 2.78. The first-order chi connectivity index (χ1) is 16.0. The summed E-state index contributed by atoms with van der Waals surface area (Å²) in [6.07, 6.45) is 0. The van der Waals surface area contributed by atoms with Gasteiger partial charge >= 0.3 is 18.9 Å². The molecule has 0 saturated carbocycles. The molecule has 0 fully saturated rings. The van der Waals surface area contributed by atoms with Crippen LogP contribution < -0.4 is 24.3 Å². The molecule has 2 aromatic carbocycles. The van der Waals surface area contributed by atoms with Crippen molar-refractivity contribution in [3.63, 3.8) is 0 Å². The van der Waals surface area contributed by atoms with Crippen LogP contribution in [-0.2, 0) is 14.2 Å². The van der Waals surface area contributed by atoms with Crippen LogP contribution in [0.5, 0.6) is 23.0 Å². The van der Waals surface area contributed by atoms with Crippen molar-refractivity contribution in [3.05, 3.63) is 40.9 Å². The van der Waals surface area contributed by atoms with Gasteiger partial charge in [0.1, 0.15) is 42.8 Å². The third-order valence-corrected chi connectivity index (χ3v) is 5.88. The maximum atomic E-state index is 13.3. The van der Waals surface area contributed by atoms with E-state index < -0.39 is 0 Å². The molecule has 184 valence electrons. The quantitative estimate of drug-likeness (QED) is 0.194. The molecule has 1 atom stereocenters. The second-order valence-corrected chi connectivity index (χ2v) is 8.20. The fourth-order valence-corrected chi connectivity index (χ4v) is 4.26. The number of ether oxygens (including phenoxy) is 7. The molecule has 8 nitrogen and oxygen atoms in total. The summed E-state index contributed by atoms with van der Waals surface area (Å²) in [4.78, 5) is 13.3. The van der Waals surface area contributed by atoms with Crippen LogP contribution in [0.1, 0.15) is 10.4 Å². The zero-order chi connectivity index (χ0) is 24.1. The Morgan fingerprint density at radius 3 is 1.82 bits per heavy atom. The predicted molar refractivity (Wildman–Crippen MR) is 136 cm³/mol. The van der Waals surface area contributed by atoms with E-state index in [-0.39, 0.29) is 46.2 Å². The summed E-state index contributed by atoms with van der Waals surface area (Å²) in [7, 11) is 5.92. The number of carbonyl (C=O) groups excluding carboxylic acids is 1. The molecule has 2 rings (SSSR count). The first-order valence-corrected chi connectivity index (χ1v) is 11.6. The van der Waals surface area contributed by atoms with Gasteiger partial charge in [-0.05, 0) is 20.7 Å². The number of methoxy groups -OCH3 is 4. The standard InChI is InChI=1S/C23H30ClO8P.Li.H/c1-26-8-11-30-16-14-19(31-12-9-27-2)22(20(15-16)32-13-10-28-3)33-23(25)21-17(24)6-5-7-18(21)29-4;;/h5-7,14-15,33H,8-13H2,1-4H3;;. The monoisotopic (exact) mass is 508 g/mol. The second-order valence-electron chi connectivity index (χ2n) is 6.59. The average Bonchev–Trinajstić information content (AvgIpc) is 2.81. The molecule has 11 heteroatoms. The van der Waals surface area contributed by atoms with Gasteiger partial charge in [0.2, 0.25) is 0 Å². The van der Waals surface area contributed by atoms with Crippen LogP contribution in [0.2, 0.25) is 5.02 Å². The minimum absolute atomic E-state index is 0. The number of hydrogen-bond acceptors (Lipinski definition) is 8. The van der Waals surface area contributed by atoms with Gasteiger partial charge in [-0.3, -0.25) is 4.79 Å². The summed E-state index contributed by atoms with van der Waals surface area (Å²) in [6.45, 7) is 2.11. The molecule has 0 bridgehead atoms. The summed E-state index contributed by atoms with van der Waals surface area (Å²) >= 11 is 6.33. The molecule has 0 amide bonds. The summed E-state index contributed by atoms with van der Waals surface area (Å²) in [5, 5.41) is 0.906. The summed E-state index contributed by atoms with van der Waals surface area (Å²) in [6, 6.07) is 8.54. The fraction of sp³-hybridized carbons (Fsp3) is 0.435. The Morgan fingerprint density at radius 1 is 0.794 bits per heavy atom. The van der Waals surface area contributed by atoms with E-state index in [1.54, 1.807) is 51.7 Å². The molecule has 0 aromatic heterocycles. The van der Waals surface area contributed by atoms with Crippen LogP contribution in [0.4, 0.5) is 0 Å². The van der Waals surface area contributed by atoms with E-state index in [4.69, 9.17) is 44.8 Å². The first-order valence-electron chi connectivity index (χ1n) is 10.2. The van der Waals surface area contributed by atoms with Crippen molar-refractivity contribution >= 4 is 49.9 Å². The molecule has 0 aliphatic carbocycles. The van der Waals surface area contributed by atoms with E-state index in [1.165, 1.54) is 7.11 Å². The maximum absolute atomic E-state index is 13.3. The van der Waals surface area contributed by atoms with E-state index >= 15 is 0 Å². The molecular formula is C23H31ClLiO8P. The SMILES string of the molecule is COCCOc1cc(OCCOC)c(PC(=O)c2c(Cl)cccc2OC)c(OCCOC)c1.[LiH]. The summed E-state index contributed by atoms with van der Waals surface area (Å²) in [5.41, 5.74) is 0.102. The van der Waals surface area contributed by atoms with E-state index in [0.29, 0.717) is 65.3 Å². The van der Waals surface area contributed by atoms with Gasteiger partial charge < -0.3 is 33.2 Å². The number of carbonyl (C=O) groups is 1. The Bertz CT molecular complexity index is 868.